The van der Waals surface area contributed by atoms with Crippen LogP contribution >= 0.6 is 0 Å². The molecule has 55 nitrogen and oxygen atoms in total. The monoisotopic (exact) mass is 1650 g/mol. The Balaban J connectivity index is 1.69. The summed E-state index contributed by atoms with van der Waals surface area (Å²) in [5.74, 6) is -4.78. The first-order chi connectivity index (χ1) is 45.0. The lowest BCUT2D eigenvalue weighted by Crippen LogP contribution is -2.70. The average molecular weight is 1650 g/mol. The fourth-order valence-electron chi connectivity index (χ4n) is 10.0. The van der Waals surface area contributed by atoms with Crippen molar-refractivity contribution in [2.45, 2.75) is 154 Å². The molecule has 64 heteroatoms. The van der Waals surface area contributed by atoms with Gasteiger partial charge in [0, 0.05) is 35.5 Å². The van der Waals surface area contributed by atoms with Gasteiger partial charge >= 0.3 is 106 Å². The highest BCUT2D eigenvalue weighted by Crippen LogP contribution is 2.41. The van der Waals surface area contributed by atoms with Gasteiger partial charge in [-0.15, -0.1) is 0 Å². The van der Waals surface area contributed by atoms with Gasteiger partial charge in [-0.3, -0.25) is 41.0 Å². The fraction of sp³-hybridized carbons (Fsp3) is 0.943. The second-order valence-corrected chi connectivity index (χ2v) is 29.2. The minimum absolute atomic E-state index is 0.403. The Morgan fingerprint density at radius 3 is 0.818 bits per heavy atom. The van der Waals surface area contributed by atoms with E-state index in [0.717, 1.165) is 14.2 Å². The summed E-state index contributed by atoms with van der Waals surface area (Å²) in [6.07, 6.45) is -69.9. The van der Waals surface area contributed by atoms with E-state index in [1.807, 2.05) is 0 Å². The van der Waals surface area contributed by atoms with Crippen molar-refractivity contribution in [3.05, 3.63) is 0 Å². The Morgan fingerprint density at radius 2 is 0.515 bits per heavy atom. The Hall–Kier alpha value is -2.83. The zero-order chi connectivity index (χ0) is 75.5. The van der Waals surface area contributed by atoms with Gasteiger partial charge in [0.25, 0.3) is 0 Å². The molecule has 0 saturated carbocycles. The molecule has 0 amide bonds. The number of hydrogen-bond acceptors (Lipinski definition) is 44. The molecular formula is C35H58O55S9. The van der Waals surface area contributed by atoms with Gasteiger partial charge in [-0.1, -0.05) is 0 Å². The third-order valence-electron chi connectivity index (χ3n) is 13.3. The highest BCUT2D eigenvalue weighted by atomic mass is 32.3. The standard InChI is InChI=1S/C35H58O55S9/c1-68-12-9(6-73-91(41,42)43)77-33(26(15(12)69-2)88-97(59,60)61)81-18-16(70-3)25(72-5)32(83-22(18)29(36)37)79-14-11(8-75-93(47,48)49)78-34(28(90-99(65,66)67)21(14)86-95(53,54)55)82-19-17(71-4)27(89-98(62,63)64)35(84-23(19)30(38)39)80-13-10(7-74-92(44,45)46)76-31(40)24(87-96(56,57)58)20(13)85-94(50,51)52/h9-28,31-35,40H,6-8H2,1-5H3,(H,36,37)(H,38,39)(H,41,42,43)(H,44,45,46)(H,47,48,49)(H,50,51,52)(H,53,54,55)(H,56,57,58)(H,59,60,61)(H,62,63,64)(H,65,66,67)/t9-,10-,11-,12-,13-,14-,15?,16+,17+,18+,19+,20+,21+,22+,23-,24-,25-,26-,27-,28-,31+,32-,33-,34-,35-/m1/s1. The van der Waals surface area contributed by atoms with Crippen molar-refractivity contribution in [3.8, 4) is 0 Å². The lowest BCUT2D eigenvalue weighted by Gasteiger charge is -2.51. The third kappa shape index (κ3) is 25.7. The molecule has 0 aromatic heterocycles. The average Bonchev–Trinajstić information content (AvgIpc) is 0.768. The maximum Gasteiger partial charge on any atom is 0.397 e. The van der Waals surface area contributed by atoms with E-state index in [1.54, 1.807) is 0 Å². The summed E-state index contributed by atoms with van der Waals surface area (Å²) >= 11 is 0. The number of ether oxygens (including phenoxy) is 14. The molecule has 0 aromatic carbocycles. The van der Waals surface area contributed by atoms with E-state index in [1.165, 1.54) is 0 Å². The van der Waals surface area contributed by atoms with Crippen LogP contribution in [-0.4, -0.2) is 353 Å². The summed E-state index contributed by atoms with van der Waals surface area (Å²) in [6.45, 7) is -5.07. The molecule has 5 aliphatic heterocycles. The molecule has 5 aliphatic rings. The van der Waals surface area contributed by atoms with Crippen LogP contribution in [0.3, 0.4) is 0 Å². The number of aliphatic hydroxyl groups excluding tert-OH is 1. The zero-order valence-electron chi connectivity index (χ0n) is 49.2. The molecule has 5 rings (SSSR count). The number of aliphatic hydroxyl groups is 1. The van der Waals surface area contributed by atoms with Gasteiger partial charge in [-0.05, 0) is 0 Å². The van der Waals surface area contributed by atoms with Gasteiger partial charge in [0.1, 0.15) is 85.5 Å². The van der Waals surface area contributed by atoms with E-state index < -0.39 is 279 Å². The van der Waals surface area contributed by atoms with Crippen molar-refractivity contribution in [3.63, 3.8) is 0 Å². The van der Waals surface area contributed by atoms with Crippen LogP contribution in [-0.2, 0) is 207 Å². The van der Waals surface area contributed by atoms with Crippen LogP contribution in [0, 0.1) is 0 Å². The molecule has 0 radical (unpaired) electrons. The summed E-state index contributed by atoms with van der Waals surface area (Å²) in [4.78, 5) is 26.6. The lowest BCUT2D eigenvalue weighted by atomic mass is 9.95. The minimum atomic E-state index is -6.39. The Labute approximate surface area is 557 Å². The summed E-state index contributed by atoms with van der Waals surface area (Å²) in [7, 11) is -50.4. The molecule has 5 heterocycles. The van der Waals surface area contributed by atoms with Crippen molar-refractivity contribution < 1.29 is 246 Å². The number of hydrogen-bond donors (Lipinski definition) is 12. The molecule has 25 atom stereocenters. The van der Waals surface area contributed by atoms with E-state index >= 15 is 0 Å². The SMILES string of the molecule is COC1[C@@H](OS(=O)(=O)O)[C@@H](O[C@H]2[C@H](OC)[C@@H](OC)[C@H](O[C@H]3[C@H](OS(=O)(=O)O)[C@@H](OS(=O)(=O)O)[C@@H](O[C@H]4[C@H](OC)[C@@H](OS(=O)(=O)O)[C@H](O[C@H]5[C@H](OS(=O)(=O)O)[C@@H](OS(=O)(=O)O)[C@@H](O)O[C@@H]5COS(=O)(=O)O)O[C@H]4C(=O)O)O[C@@H]3COS(=O)(=O)O)O[C@@H]2C(=O)O)O[C@H](COS(=O)(=O)O)[C@H]1OC. The first kappa shape index (κ1) is 86.8. The Bertz CT molecular complexity index is 3830. The first-order valence-electron chi connectivity index (χ1n) is 25.5. The van der Waals surface area contributed by atoms with Gasteiger partial charge in [-0.2, -0.15) is 75.8 Å². The molecule has 0 aliphatic carbocycles. The van der Waals surface area contributed by atoms with Gasteiger partial charge in [0.15, 0.2) is 68.1 Å². The highest BCUT2D eigenvalue weighted by Gasteiger charge is 2.63. The minimum Gasteiger partial charge on any atom is -0.479 e. The lowest BCUT2D eigenvalue weighted by molar-refractivity contribution is -0.385. The van der Waals surface area contributed by atoms with Crippen LogP contribution in [0.1, 0.15) is 0 Å². The molecule has 0 aromatic rings. The molecule has 12 N–H and O–H groups in total. The second kappa shape index (κ2) is 33.7. The topological polar surface area (TPSA) is 796 Å². The zero-order valence-corrected chi connectivity index (χ0v) is 56.5. The van der Waals surface area contributed by atoms with Crippen LogP contribution < -0.4 is 0 Å². The molecule has 0 bridgehead atoms. The van der Waals surface area contributed by atoms with Crippen molar-refractivity contribution in [1.82, 2.24) is 0 Å². The smallest absolute Gasteiger partial charge is 0.397 e. The van der Waals surface area contributed by atoms with Crippen LogP contribution in [0.25, 0.3) is 0 Å². The number of methoxy groups -OCH3 is 5. The fourth-order valence-corrected chi connectivity index (χ4v) is 13.9. The number of carbonyl (C=O) groups is 2. The number of aliphatic carboxylic acids is 2. The van der Waals surface area contributed by atoms with Gasteiger partial charge in [0.2, 0.25) is 0 Å². The number of carboxylic acid groups (broad SMARTS) is 2. The molecule has 99 heavy (non-hydrogen) atoms. The maximum atomic E-state index is 13.3. The summed E-state index contributed by atoms with van der Waals surface area (Å²) < 4.78 is 424. The van der Waals surface area contributed by atoms with Crippen LogP contribution in [0.4, 0.5) is 0 Å². The van der Waals surface area contributed by atoms with E-state index in [4.69, 9.17) is 70.5 Å². The second-order valence-electron chi connectivity index (χ2n) is 19.7. The van der Waals surface area contributed by atoms with E-state index in [9.17, 15) is 142 Å². The molecule has 1 unspecified atom stereocenters. The largest absolute Gasteiger partial charge is 0.479 e. The van der Waals surface area contributed by atoms with Crippen LogP contribution in [0.2, 0.25) is 0 Å². The van der Waals surface area contributed by atoms with E-state index in [2.05, 4.69) is 33.5 Å². The van der Waals surface area contributed by atoms with Gasteiger partial charge in [0.05, 0.1) is 19.8 Å². The maximum absolute atomic E-state index is 13.3. The van der Waals surface area contributed by atoms with Crippen molar-refractivity contribution in [1.29, 1.82) is 0 Å². The molecule has 5 fully saturated rings. The van der Waals surface area contributed by atoms with Crippen molar-refractivity contribution >= 4 is 106 Å². The molecule has 582 valence electrons. The first-order valence-corrected chi connectivity index (χ1v) is 37.8. The van der Waals surface area contributed by atoms with Gasteiger partial charge in [-0.25, -0.2) is 47.2 Å². The predicted molar refractivity (Wildman–Crippen MR) is 285 cm³/mol. The van der Waals surface area contributed by atoms with Crippen molar-refractivity contribution in [2.24, 2.45) is 0 Å². The molecule has 5 saturated heterocycles. The predicted octanol–water partition coefficient (Wildman–Crippen LogP) is -10.0. The molecule has 0 spiro atoms. The van der Waals surface area contributed by atoms with Gasteiger partial charge < -0.3 is 81.6 Å². The summed E-state index contributed by atoms with van der Waals surface area (Å²) in [6, 6.07) is 0. The van der Waals surface area contributed by atoms with Crippen LogP contribution in [0.15, 0.2) is 0 Å². The number of rotatable bonds is 36. The summed E-state index contributed by atoms with van der Waals surface area (Å²) in [5.41, 5.74) is 0. The van der Waals surface area contributed by atoms with Crippen molar-refractivity contribution in [2.75, 3.05) is 55.4 Å². The number of carboxylic acids is 2. The Kier molecular flexibility index (Phi) is 29.6. The quantitative estimate of drug-likeness (QED) is 0.0259. The third-order valence-corrected chi connectivity index (χ3v) is 17.4. The summed E-state index contributed by atoms with van der Waals surface area (Å²) in [5, 5.41) is 31.9. The van der Waals surface area contributed by atoms with E-state index in [-0.39, 0.29) is 0 Å². The van der Waals surface area contributed by atoms with E-state index in [0.29, 0.717) is 21.3 Å². The van der Waals surface area contributed by atoms with Crippen LogP contribution in [0.5, 0.6) is 0 Å². The molecular weight excluding hydrogens is 1590 g/mol. The Morgan fingerprint density at radius 1 is 0.283 bits per heavy atom. The normalized spacial score (nSPS) is 36.7. The highest BCUT2D eigenvalue weighted by molar-refractivity contribution is 7.82.